The molecule has 226 valence electrons. The van der Waals surface area contributed by atoms with Crippen LogP contribution >= 0.6 is 15.9 Å². The third-order valence-electron chi connectivity index (χ3n) is 7.43. The molecule has 0 saturated heterocycles. The van der Waals surface area contributed by atoms with Gasteiger partial charge >= 0.3 is 6.61 Å². The molecule has 0 atom stereocenters. The van der Waals surface area contributed by atoms with E-state index < -0.39 is 27.3 Å². The van der Waals surface area contributed by atoms with Gasteiger partial charge in [0, 0.05) is 27.8 Å². The van der Waals surface area contributed by atoms with Crippen molar-refractivity contribution in [2.75, 3.05) is 0 Å². The average molecular weight is 675 g/mol. The minimum atomic E-state index is -3.79. The van der Waals surface area contributed by atoms with Crippen molar-refractivity contribution < 1.29 is 31.5 Å². The van der Waals surface area contributed by atoms with Crippen LogP contribution in [0, 0.1) is 13.8 Å². The summed E-state index contributed by atoms with van der Waals surface area (Å²) in [5, 5.41) is 3.23. The van der Waals surface area contributed by atoms with Gasteiger partial charge in [0.05, 0.1) is 27.9 Å². The minimum Gasteiger partial charge on any atom is -0.472 e. The second kappa shape index (κ2) is 12.1. The van der Waals surface area contributed by atoms with Crippen LogP contribution in [0.15, 0.2) is 71.9 Å². The van der Waals surface area contributed by atoms with Crippen LogP contribution in [0.25, 0.3) is 10.9 Å². The van der Waals surface area contributed by atoms with E-state index in [-0.39, 0.29) is 35.9 Å². The van der Waals surface area contributed by atoms with E-state index in [0.29, 0.717) is 45.9 Å². The van der Waals surface area contributed by atoms with Gasteiger partial charge in [-0.3, -0.25) is 4.79 Å². The number of aryl methyl sites for hydroxylation is 2. The van der Waals surface area contributed by atoms with Crippen molar-refractivity contribution in [3.63, 3.8) is 0 Å². The zero-order valence-corrected chi connectivity index (χ0v) is 26.0. The molecule has 0 aliphatic heterocycles. The van der Waals surface area contributed by atoms with E-state index in [1.807, 2.05) is 30.3 Å². The van der Waals surface area contributed by atoms with Crippen LogP contribution < -0.4 is 14.8 Å². The highest BCUT2D eigenvalue weighted by atomic mass is 79.9. The number of benzene rings is 2. The first-order valence-corrected chi connectivity index (χ1v) is 15.8. The number of alkyl halides is 2. The molecule has 2 aromatic heterocycles. The van der Waals surface area contributed by atoms with E-state index in [1.54, 1.807) is 32.1 Å². The number of amides is 1. The van der Waals surface area contributed by atoms with E-state index in [1.165, 1.54) is 16.2 Å². The molecule has 2 aromatic carbocycles. The van der Waals surface area contributed by atoms with E-state index in [2.05, 4.69) is 32.8 Å². The summed E-state index contributed by atoms with van der Waals surface area (Å²) >= 11 is 3.42. The lowest BCUT2D eigenvalue weighted by Gasteiger charge is -2.18. The Morgan fingerprint density at radius 3 is 2.58 bits per heavy atom. The Labute approximate surface area is 256 Å². The van der Waals surface area contributed by atoms with Gasteiger partial charge in [-0.25, -0.2) is 17.4 Å². The molecule has 12 heteroatoms. The van der Waals surface area contributed by atoms with Crippen molar-refractivity contribution in [3.8, 4) is 11.6 Å². The summed E-state index contributed by atoms with van der Waals surface area (Å²) in [6.45, 7) is 3.84. The molecule has 2 heterocycles. The Kier molecular flexibility index (Phi) is 8.62. The second-order valence-corrected chi connectivity index (χ2v) is 13.6. The lowest BCUT2D eigenvalue weighted by molar-refractivity contribution is -0.0507. The lowest BCUT2D eigenvalue weighted by Crippen LogP contribution is -2.28. The normalized spacial score (nSPS) is 14.1. The highest BCUT2D eigenvalue weighted by Crippen LogP contribution is 2.49. The standard InChI is InChI=1S/C31H30BrF2N3O5S/c1-4-10-31(11-12-31)43(39,40)37-17-19(2)27-23(14-22(32)15-25(27)37)28(38)35-16-24-26(42-30(33)34)13-20(3)36-29(24)41-18-21-8-6-5-7-9-21/h4-9,13-15,17,30H,1,10-12,16,18H2,2-3H3,(H,35,38). The van der Waals surface area contributed by atoms with Gasteiger partial charge in [0.1, 0.15) is 12.4 Å². The lowest BCUT2D eigenvalue weighted by atomic mass is 10.1. The number of nitrogens with one attached hydrogen (secondary N) is 1. The fraction of sp³-hybridized carbons (Fsp3) is 0.290. The number of carbonyl (C=O) groups is 1. The molecule has 1 fully saturated rings. The fourth-order valence-electron chi connectivity index (χ4n) is 5.16. The monoisotopic (exact) mass is 673 g/mol. The van der Waals surface area contributed by atoms with Gasteiger partial charge in [0.2, 0.25) is 15.9 Å². The summed E-state index contributed by atoms with van der Waals surface area (Å²) in [6, 6.07) is 13.9. The number of ether oxygens (including phenoxy) is 2. The summed E-state index contributed by atoms with van der Waals surface area (Å²) in [5.41, 5.74) is 2.54. The predicted molar refractivity (Wildman–Crippen MR) is 163 cm³/mol. The number of hydrogen-bond acceptors (Lipinski definition) is 6. The van der Waals surface area contributed by atoms with Crippen molar-refractivity contribution >= 4 is 42.8 Å². The van der Waals surface area contributed by atoms with Crippen LogP contribution in [0.4, 0.5) is 8.78 Å². The molecule has 0 radical (unpaired) electrons. The van der Waals surface area contributed by atoms with E-state index >= 15 is 0 Å². The summed E-state index contributed by atoms with van der Waals surface area (Å²) in [7, 11) is -3.79. The molecule has 0 unspecified atom stereocenters. The SMILES string of the molecule is C=CCC1(S(=O)(=O)n2cc(C)c3c(C(=O)NCc4c(OC(F)F)cc(C)nc4OCc4ccccc4)cc(Br)cc32)CC1. The smallest absolute Gasteiger partial charge is 0.387 e. The highest BCUT2D eigenvalue weighted by Gasteiger charge is 2.54. The molecule has 1 saturated carbocycles. The number of nitrogens with zero attached hydrogens (tertiary/aromatic N) is 2. The first-order chi connectivity index (χ1) is 20.5. The first kappa shape index (κ1) is 30.7. The Hall–Kier alpha value is -3.77. The van der Waals surface area contributed by atoms with E-state index in [4.69, 9.17) is 9.47 Å². The Morgan fingerprint density at radius 2 is 1.93 bits per heavy atom. The first-order valence-electron chi connectivity index (χ1n) is 13.5. The van der Waals surface area contributed by atoms with Crippen molar-refractivity contribution in [3.05, 3.63) is 99.8 Å². The number of carbonyl (C=O) groups excluding carboxylic acids is 1. The van der Waals surface area contributed by atoms with Crippen LogP contribution in [0.2, 0.25) is 0 Å². The molecular weight excluding hydrogens is 644 g/mol. The Morgan fingerprint density at radius 1 is 1.21 bits per heavy atom. The quantitative estimate of drug-likeness (QED) is 0.166. The second-order valence-electron chi connectivity index (χ2n) is 10.5. The van der Waals surface area contributed by atoms with Crippen LogP contribution in [-0.2, 0) is 23.2 Å². The number of rotatable bonds is 12. The fourth-order valence-corrected chi connectivity index (χ4v) is 7.67. The molecule has 0 spiro atoms. The Balaban J connectivity index is 1.48. The van der Waals surface area contributed by atoms with Crippen LogP contribution in [-0.4, -0.2) is 34.6 Å². The maximum absolute atomic E-state index is 13.7. The van der Waals surface area contributed by atoms with Crippen molar-refractivity contribution in [1.29, 1.82) is 0 Å². The largest absolute Gasteiger partial charge is 0.472 e. The number of hydrogen-bond donors (Lipinski definition) is 1. The zero-order chi connectivity index (χ0) is 30.9. The number of fused-ring (bicyclic) bond motifs is 1. The number of halogens is 3. The maximum atomic E-state index is 13.7. The van der Waals surface area contributed by atoms with Gasteiger partial charge in [-0.15, -0.1) is 6.58 Å². The summed E-state index contributed by atoms with van der Waals surface area (Å²) in [5.74, 6) is -0.672. The molecule has 1 aliphatic carbocycles. The maximum Gasteiger partial charge on any atom is 0.387 e. The average Bonchev–Trinajstić information content (AvgIpc) is 3.67. The summed E-state index contributed by atoms with van der Waals surface area (Å²) in [6.07, 6.45) is 4.53. The molecule has 0 bridgehead atoms. The predicted octanol–water partition coefficient (Wildman–Crippen LogP) is 6.81. The van der Waals surface area contributed by atoms with Crippen molar-refractivity contribution in [2.45, 2.75) is 57.6 Å². The zero-order valence-electron chi connectivity index (χ0n) is 23.6. The molecule has 43 heavy (non-hydrogen) atoms. The number of allylic oxidation sites excluding steroid dienone is 1. The molecule has 1 aliphatic rings. The molecule has 1 N–H and O–H groups in total. The van der Waals surface area contributed by atoms with E-state index in [0.717, 1.165) is 5.56 Å². The van der Waals surface area contributed by atoms with Gasteiger partial charge in [-0.1, -0.05) is 52.3 Å². The van der Waals surface area contributed by atoms with Gasteiger partial charge < -0.3 is 14.8 Å². The molecule has 4 aromatic rings. The van der Waals surface area contributed by atoms with Crippen LogP contribution in [0.1, 0.15) is 52.0 Å². The van der Waals surface area contributed by atoms with Crippen molar-refractivity contribution in [1.82, 2.24) is 14.3 Å². The minimum absolute atomic E-state index is 0.0459. The Bertz CT molecular complexity index is 1810. The van der Waals surface area contributed by atoms with Gasteiger partial charge in [-0.05, 0) is 56.4 Å². The molecular formula is C31H30BrF2N3O5S. The van der Waals surface area contributed by atoms with Gasteiger partial charge in [-0.2, -0.15) is 8.78 Å². The topological polar surface area (TPSA) is 99.5 Å². The molecule has 8 nitrogen and oxygen atoms in total. The van der Waals surface area contributed by atoms with Gasteiger partial charge in [0.15, 0.2) is 0 Å². The van der Waals surface area contributed by atoms with Gasteiger partial charge in [0.25, 0.3) is 5.91 Å². The molecule has 1 amide bonds. The number of pyridine rings is 1. The van der Waals surface area contributed by atoms with Crippen LogP contribution in [0.3, 0.4) is 0 Å². The summed E-state index contributed by atoms with van der Waals surface area (Å²) in [4.78, 5) is 18.0. The van der Waals surface area contributed by atoms with Crippen LogP contribution in [0.5, 0.6) is 11.6 Å². The molecule has 5 rings (SSSR count). The third kappa shape index (κ3) is 6.16. The summed E-state index contributed by atoms with van der Waals surface area (Å²) < 4.78 is 65.6. The number of aromatic nitrogens is 2. The highest BCUT2D eigenvalue weighted by molar-refractivity contribution is 9.10. The van der Waals surface area contributed by atoms with Crippen molar-refractivity contribution in [2.24, 2.45) is 0 Å². The van der Waals surface area contributed by atoms with E-state index in [9.17, 15) is 22.0 Å². The third-order valence-corrected chi connectivity index (χ3v) is 10.4.